The van der Waals surface area contributed by atoms with Gasteiger partial charge >= 0.3 is 5.97 Å². The first-order valence-corrected chi connectivity index (χ1v) is 14.6. The van der Waals surface area contributed by atoms with Gasteiger partial charge in [-0.25, -0.2) is 9.79 Å². The molecule has 0 aliphatic carbocycles. The van der Waals surface area contributed by atoms with E-state index in [1.54, 1.807) is 17.0 Å². The van der Waals surface area contributed by atoms with Gasteiger partial charge in [-0.15, -0.1) is 0 Å². The molecule has 1 N–H and O–H groups in total. The Morgan fingerprint density at radius 1 is 0.925 bits per heavy atom. The number of para-hydroxylation sites is 1. The Labute approximate surface area is 252 Å². The van der Waals surface area contributed by atoms with Crippen LogP contribution >= 0.6 is 43.6 Å². The molecule has 5 rings (SSSR count). The normalized spacial score (nSPS) is 15.2. The number of thioether (sulfide) groups is 1. The number of aromatic carboxylic acids is 1. The Kier molecular flexibility index (Phi) is 8.84. The highest BCUT2D eigenvalue weighted by molar-refractivity contribution is 9.10. The van der Waals surface area contributed by atoms with Gasteiger partial charge < -0.3 is 9.84 Å². The summed E-state index contributed by atoms with van der Waals surface area (Å²) < 4.78 is 7.77. The van der Waals surface area contributed by atoms with Crippen molar-refractivity contribution < 1.29 is 19.4 Å². The van der Waals surface area contributed by atoms with Crippen molar-refractivity contribution in [1.29, 1.82) is 0 Å². The molecule has 0 aromatic heterocycles. The van der Waals surface area contributed by atoms with Crippen LogP contribution in [0.2, 0.25) is 0 Å². The van der Waals surface area contributed by atoms with Crippen LogP contribution in [0.3, 0.4) is 0 Å². The largest absolute Gasteiger partial charge is 0.488 e. The van der Waals surface area contributed by atoms with Crippen LogP contribution < -0.4 is 4.74 Å². The van der Waals surface area contributed by atoms with Crippen LogP contribution in [0.5, 0.6) is 5.75 Å². The number of amidine groups is 1. The molecule has 40 heavy (non-hydrogen) atoms. The van der Waals surface area contributed by atoms with Crippen molar-refractivity contribution in [2.24, 2.45) is 4.99 Å². The van der Waals surface area contributed by atoms with E-state index in [0.29, 0.717) is 22.4 Å². The number of rotatable bonds is 8. The fourth-order valence-electron chi connectivity index (χ4n) is 3.90. The third-order valence-corrected chi connectivity index (χ3v) is 8.13. The maximum atomic E-state index is 13.5. The van der Waals surface area contributed by atoms with Crippen molar-refractivity contribution >= 4 is 72.4 Å². The Hall–Kier alpha value is -3.66. The summed E-state index contributed by atoms with van der Waals surface area (Å²) in [5.74, 6) is -0.464. The highest BCUT2D eigenvalue weighted by Crippen LogP contribution is 2.36. The SMILES string of the molecule is O=C(O)c1ccc(CN2C(=O)/C(=C/c3ccc(OCc4ccc(Br)cc4)c(Br)c3)SC2=Nc2ccccc2)cc1. The van der Waals surface area contributed by atoms with E-state index in [9.17, 15) is 14.7 Å². The lowest BCUT2D eigenvalue weighted by Crippen LogP contribution is -2.28. The average Bonchev–Trinajstić information content (AvgIpc) is 3.23. The number of halogens is 2. The molecule has 0 spiro atoms. The topological polar surface area (TPSA) is 79.2 Å². The van der Waals surface area contributed by atoms with Gasteiger partial charge in [-0.2, -0.15) is 0 Å². The van der Waals surface area contributed by atoms with E-state index in [-0.39, 0.29) is 18.0 Å². The van der Waals surface area contributed by atoms with E-state index in [2.05, 4.69) is 31.9 Å². The predicted molar refractivity (Wildman–Crippen MR) is 166 cm³/mol. The minimum atomic E-state index is -0.994. The van der Waals surface area contributed by atoms with Crippen molar-refractivity contribution in [2.75, 3.05) is 0 Å². The molecular weight excluding hydrogens is 656 g/mol. The third kappa shape index (κ3) is 6.91. The Balaban J connectivity index is 1.37. The molecule has 0 unspecified atom stereocenters. The first-order chi connectivity index (χ1) is 19.4. The van der Waals surface area contributed by atoms with Crippen LogP contribution in [0.4, 0.5) is 5.69 Å². The molecule has 1 aliphatic rings. The second-order valence-corrected chi connectivity index (χ2v) is 11.6. The Morgan fingerprint density at radius 2 is 1.62 bits per heavy atom. The summed E-state index contributed by atoms with van der Waals surface area (Å²) in [5.41, 5.74) is 3.62. The molecule has 1 amide bonds. The lowest BCUT2D eigenvalue weighted by Gasteiger charge is -2.16. The zero-order valence-corrected chi connectivity index (χ0v) is 24.9. The summed E-state index contributed by atoms with van der Waals surface area (Å²) in [6.07, 6.45) is 1.84. The molecule has 1 saturated heterocycles. The van der Waals surface area contributed by atoms with Crippen molar-refractivity contribution in [1.82, 2.24) is 4.90 Å². The molecule has 0 bridgehead atoms. The third-order valence-electron chi connectivity index (χ3n) is 5.97. The number of carboxylic acid groups (broad SMARTS) is 1. The summed E-state index contributed by atoms with van der Waals surface area (Å²) in [4.78, 5) is 31.7. The van der Waals surface area contributed by atoms with E-state index in [1.807, 2.05) is 78.9 Å². The van der Waals surface area contributed by atoms with Crippen molar-refractivity contribution in [2.45, 2.75) is 13.2 Å². The second kappa shape index (κ2) is 12.7. The zero-order chi connectivity index (χ0) is 28.1. The molecule has 1 aliphatic heterocycles. The standard InChI is InChI=1S/C31H22Br2N2O4S/c32-24-13-8-21(9-14-24)19-39-27-15-10-22(16-26(27)33)17-28-29(36)35(18-20-6-11-23(12-7-20)30(37)38)31(40-28)34-25-4-2-1-3-5-25/h1-17H,18-19H2,(H,37,38)/b28-17-,34-31?. The number of ether oxygens (including phenoxy) is 1. The molecule has 4 aromatic carbocycles. The van der Waals surface area contributed by atoms with Gasteiger partial charge in [0, 0.05) is 4.47 Å². The highest BCUT2D eigenvalue weighted by atomic mass is 79.9. The molecule has 1 fully saturated rings. The minimum absolute atomic E-state index is 0.173. The number of carbonyl (C=O) groups excluding carboxylic acids is 1. The number of hydrogen-bond acceptors (Lipinski definition) is 5. The van der Waals surface area contributed by atoms with Gasteiger partial charge in [0.25, 0.3) is 5.91 Å². The Bertz CT molecular complexity index is 1610. The van der Waals surface area contributed by atoms with Crippen molar-refractivity contribution in [3.63, 3.8) is 0 Å². The maximum absolute atomic E-state index is 13.5. The number of amides is 1. The first kappa shape index (κ1) is 27.9. The highest BCUT2D eigenvalue weighted by Gasteiger charge is 2.33. The van der Waals surface area contributed by atoms with Crippen LogP contribution in [0.1, 0.15) is 27.0 Å². The van der Waals surface area contributed by atoms with Crippen LogP contribution in [-0.4, -0.2) is 27.1 Å². The van der Waals surface area contributed by atoms with E-state index < -0.39 is 5.97 Å². The summed E-state index contributed by atoms with van der Waals surface area (Å²) in [6.45, 7) is 0.698. The van der Waals surface area contributed by atoms with E-state index in [0.717, 1.165) is 31.3 Å². The molecule has 0 radical (unpaired) electrons. The fourth-order valence-corrected chi connectivity index (χ4v) is 5.67. The molecular formula is C31H22Br2N2O4S. The number of carbonyl (C=O) groups is 2. The molecule has 0 saturated carbocycles. The predicted octanol–water partition coefficient (Wildman–Crippen LogP) is 8.29. The number of benzene rings is 4. The van der Waals surface area contributed by atoms with E-state index in [1.165, 1.54) is 23.9 Å². The number of carboxylic acids is 1. The molecule has 1 heterocycles. The molecule has 6 nitrogen and oxygen atoms in total. The summed E-state index contributed by atoms with van der Waals surface area (Å²) in [7, 11) is 0. The number of hydrogen-bond donors (Lipinski definition) is 1. The second-order valence-electron chi connectivity index (χ2n) is 8.84. The van der Waals surface area contributed by atoms with Crippen molar-refractivity contribution in [3.05, 3.63) is 133 Å². The van der Waals surface area contributed by atoms with Gasteiger partial charge in [-0.05, 0) is 99.0 Å². The fraction of sp³-hybridized carbons (Fsp3) is 0.0645. The van der Waals surface area contributed by atoms with E-state index >= 15 is 0 Å². The molecule has 200 valence electrons. The number of aliphatic imine (C=N–C) groups is 1. The van der Waals surface area contributed by atoms with Gasteiger partial charge in [-0.1, -0.05) is 64.5 Å². The molecule has 4 aromatic rings. The van der Waals surface area contributed by atoms with E-state index in [4.69, 9.17) is 9.73 Å². The average molecular weight is 678 g/mol. The van der Waals surface area contributed by atoms with Gasteiger partial charge in [0.2, 0.25) is 0 Å². The Morgan fingerprint density at radius 3 is 2.30 bits per heavy atom. The molecule has 0 atom stereocenters. The monoisotopic (exact) mass is 676 g/mol. The zero-order valence-electron chi connectivity index (χ0n) is 21.0. The van der Waals surface area contributed by atoms with Crippen LogP contribution in [-0.2, 0) is 17.9 Å². The van der Waals surface area contributed by atoms with Crippen molar-refractivity contribution in [3.8, 4) is 5.75 Å². The first-order valence-electron chi connectivity index (χ1n) is 12.2. The minimum Gasteiger partial charge on any atom is -0.488 e. The van der Waals surface area contributed by atoms with Gasteiger partial charge in [0.1, 0.15) is 12.4 Å². The maximum Gasteiger partial charge on any atom is 0.335 e. The smallest absolute Gasteiger partial charge is 0.335 e. The lowest BCUT2D eigenvalue weighted by atomic mass is 10.1. The summed E-state index contributed by atoms with van der Waals surface area (Å²) >= 11 is 8.34. The summed E-state index contributed by atoms with van der Waals surface area (Å²) in [6, 6.07) is 29.6. The van der Waals surface area contributed by atoms with Gasteiger partial charge in [0.05, 0.1) is 27.2 Å². The number of nitrogens with zero attached hydrogens (tertiary/aromatic N) is 2. The van der Waals surface area contributed by atoms with Crippen LogP contribution in [0, 0.1) is 0 Å². The van der Waals surface area contributed by atoms with Gasteiger partial charge in [0.15, 0.2) is 5.17 Å². The quantitative estimate of drug-likeness (QED) is 0.190. The summed E-state index contributed by atoms with van der Waals surface area (Å²) in [5, 5.41) is 9.76. The lowest BCUT2D eigenvalue weighted by molar-refractivity contribution is -0.122. The molecule has 9 heteroatoms. The van der Waals surface area contributed by atoms with Gasteiger partial charge in [-0.3, -0.25) is 9.69 Å². The van der Waals surface area contributed by atoms with Crippen LogP contribution in [0.25, 0.3) is 6.08 Å². The van der Waals surface area contributed by atoms with Crippen LogP contribution in [0.15, 0.2) is 116 Å².